The lowest BCUT2D eigenvalue weighted by atomic mass is 10.1. The Morgan fingerprint density at radius 3 is 2.41 bits per heavy atom. The second kappa shape index (κ2) is 4.91. The molecule has 0 aliphatic heterocycles. The Bertz CT molecular complexity index is 509. The molecule has 0 bridgehead atoms. The molecule has 0 aliphatic carbocycles. The number of rotatable bonds is 3. The Morgan fingerprint density at radius 2 is 1.94 bits per heavy atom. The summed E-state index contributed by atoms with van der Waals surface area (Å²) in [6.45, 7) is 5.29. The molecule has 7 heteroatoms. The Labute approximate surface area is 110 Å². The summed E-state index contributed by atoms with van der Waals surface area (Å²) in [5.41, 5.74) is -0.566. The van der Waals surface area contributed by atoms with E-state index in [1.165, 1.54) is 7.11 Å². The van der Waals surface area contributed by atoms with Crippen LogP contribution in [0.5, 0.6) is 5.88 Å². The molecule has 1 rings (SSSR count). The largest absolute Gasteiger partial charge is 0.481 e. The summed E-state index contributed by atoms with van der Waals surface area (Å²) < 4.78 is 32.0. The van der Waals surface area contributed by atoms with E-state index in [-0.39, 0.29) is 10.9 Å². The monoisotopic (exact) mass is 322 g/mol. The van der Waals surface area contributed by atoms with Crippen molar-refractivity contribution in [2.75, 3.05) is 7.11 Å². The smallest absolute Gasteiger partial charge is 0.259 e. The quantitative estimate of drug-likeness (QED) is 0.923. The van der Waals surface area contributed by atoms with Crippen LogP contribution in [0.25, 0.3) is 0 Å². The Kier molecular flexibility index (Phi) is 4.16. The number of ether oxygens (including phenoxy) is 1. The van der Waals surface area contributed by atoms with Gasteiger partial charge in [-0.15, -0.1) is 0 Å². The van der Waals surface area contributed by atoms with E-state index in [1.54, 1.807) is 32.9 Å². The molecule has 0 amide bonds. The van der Waals surface area contributed by atoms with Gasteiger partial charge < -0.3 is 4.74 Å². The van der Waals surface area contributed by atoms with Gasteiger partial charge in [-0.1, -0.05) is 0 Å². The fourth-order valence-corrected chi connectivity index (χ4v) is 3.46. The van der Waals surface area contributed by atoms with Gasteiger partial charge in [0.25, 0.3) is 10.0 Å². The van der Waals surface area contributed by atoms with Crippen LogP contribution in [0.1, 0.15) is 20.8 Å². The molecule has 0 atom stereocenters. The van der Waals surface area contributed by atoms with Crippen LogP contribution < -0.4 is 9.46 Å². The van der Waals surface area contributed by atoms with Crippen molar-refractivity contribution in [3.63, 3.8) is 0 Å². The third-order valence-electron chi connectivity index (χ3n) is 1.69. The van der Waals surface area contributed by atoms with Gasteiger partial charge in [0.2, 0.25) is 5.88 Å². The van der Waals surface area contributed by atoms with Gasteiger partial charge in [-0.05, 0) is 42.8 Å². The molecule has 0 radical (unpaired) electrons. The summed E-state index contributed by atoms with van der Waals surface area (Å²) in [6.07, 6.45) is 0. The normalized spacial score (nSPS) is 12.5. The van der Waals surface area contributed by atoms with Crippen LogP contribution >= 0.6 is 15.9 Å². The number of methoxy groups -OCH3 is 1. The zero-order valence-electron chi connectivity index (χ0n) is 10.1. The fourth-order valence-electron chi connectivity index (χ4n) is 1.16. The van der Waals surface area contributed by atoms with Crippen LogP contribution in [0.3, 0.4) is 0 Å². The predicted octanol–water partition coefficient (Wildman–Crippen LogP) is 1.93. The first-order valence-corrected chi connectivity index (χ1v) is 7.18. The van der Waals surface area contributed by atoms with Crippen LogP contribution in [0, 0.1) is 0 Å². The maximum Gasteiger partial charge on any atom is 0.259 e. The van der Waals surface area contributed by atoms with Crippen molar-refractivity contribution in [3.8, 4) is 5.88 Å². The van der Waals surface area contributed by atoms with Crippen molar-refractivity contribution in [2.45, 2.75) is 31.3 Å². The first kappa shape index (κ1) is 14.4. The van der Waals surface area contributed by atoms with E-state index in [4.69, 9.17) is 4.74 Å². The van der Waals surface area contributed by atoms with Crippen molar-refractivity contribution in [3.05, 3.63) is 16.6 Å². The topological polar surface area (TPSA) is 68.3 Å². The number of nitrogens with one attached hydrogen (secondary N) is 1. The van der Waals surface area contributed by atoms with Crippen LogP contribution in [-0.4, -0.2) is 26.1 Å². The van der Waals surface area contributed by atoms with Gasteiger partial charge in [0, 0.05) is 11.6 Å². The van der Waals surface area contributed by atoms with Gasteiger partial charge in [0.15, 0.2) is 5.03 Å². The van der Waals surface area contributed by atoms with Crippen molar-refractivity contribution >= 4 is 26.0 Å². The van der Waals surface area contributed by atoms with Crippen LogP contribution in [0.15, 0.2) is 21.6 Å². The molecule has 0 saturated heterocycles. The molecule has 0 saturated carbocycles. The predicted molar refractivity (Wildman–Crippen MR) is 68.6 cm³/mol. The number of pyridine rings is 1. The van der Waals surface area contributed by atoms with Crippen molar-refractivity contribution in [1.29, 1.82) is 0 Å². The Balaban J connectivity index is 3.23. The molecule has 0 aliphatic rings. The van der Waals surface area contributed by atoms with Gasteiger partial charge >= 0.3 is 0 Å². The minimum atomic E-state index is -3.67. The molecule has 17 heavy (non-hydrogen) atoms. The van der Waals surface area contributed by atoms with Gasteiger partial charge in [-0.25, -0.2) is 13.1 Å². The lowest BCUT2D eigenvalue weighted by Gasteiger charge is -2.20. The average molecular weight is 323 g/mol. The lowest BCUT2D eigenvalue weighted by molar-refractivity contribution is 0.392. The van der Waals surface area contributed by atoms with Crippen molar-refractivity contribution in [1.82, 2.24) is 9.71 Å². The second-order valence-electron chi connectivity index (χ2n) is 4.50. The molecule has 1 heterocycles. The van der Waals surface area contributed by atoms with E-state index in [9.17, 15) is 8.42 Å². The SMILES string of the molecule is COc1ccc(Br)c(S(=O)(=O)NC(C)(C)C)n1. The second-order valence-corrected chi connectivity index (χ2v) is 6.95. The van der Waals surface area contributed by atoms with E-state index in [0.29, 0.717) is 4.47 Å². The minimum Gasteiger partial charge on any atom is -0.481 e. The number of hydrogen-bond acceptors (Lipinski definition) is 4. The summed E-state index contributed by atoms with van der Waals surface area (Å²) in [5, 5.41) is -0.0771. The van der Waals surface area contributed by atoms with Crippen LogP contribution in [-0.2, 0) is 10.0 Å². The summed E-state index contributed by atoms with van der Waals surface area (Å²) in [7, 11) is -2.23. The molecule has 5 nitrogen and oxygen atoms in total. The maximum atomic E-state index is 12.1. The minimum absolute atomic E-state index is 0.0771. The zero-order valence-corrected chi connectivity index (χ0v) is 12.5. The van der Waals surface area contributed by atoms with Gasteiger partial charge in [0.05, 0.1) is 11.6 Å². The fraction of sp³-hybridized carbons (Fsp3) is 0.500. The first-order valence-electron chi connectivity index (χ1n) is 4.90. The van der Waals surface area contributed by atoms with Gasteiger partial charge in [-0.3, -0.25) is 0 Å². The van der Waals surface area contributed by atoms with E-state index < -0.39 is 15.6 Å². The highest BCUT2D eigenvalue weighted by Crippen LogP contribution is 2.23. The molecule has 1 N–H and O–H groups in total. The molecule has 1 aromatic heterocycles. The molecule has 0 spiro atoms. The number of halogens is 1. The van der Waals surface area contributed by atoms with Crippen LogP contribution in [0.2, 0.25) is 0 Å². The van der Waals surface area contributed by atoms with E-state index >= 15 is 0 Å². The molecular formula is C10H15BrN2O3S. The van der Waals surface area contributed by atoms with Crippen molar-refractivity contribution in [2.24, 2.45) is 0 Å². The zero-order chi connectivity index (χ0) is 13.3. The summed E-state index contributed by atoms with van der Waals surface area (Å²) >= 11 is 3.17. The van der Waals surface area contributed by atoms with E-state index in [1.807, 2.05) is 0 Å². The number of aromatic nitrogens is 1. The summed E-state index contributed by atoms with van der Waals surface area (Å²) in [4.78, 5) is 3.93. The lowest BCUT2D eigenvalue weighted by Crippen LogP contribution is -2.40. The third-order valence-corrected chi connectivity index (χ3v) is 4.30. The van der Waals surface area contributed by atoms with Crippen LogP contribution in [0.4, 0.5) is 0 Å². The number of sulfonamides is 1. The molecular weight excluding hydrogens is 308 g/mol. The summed E-state index contributed by atoms with van der Waals surface area (Å²) in [5.74, 6) is 0.252. The molecule has 0 fully saturated rings. The highest BCUT2D eigenvalue weighted by Gasteiger charge is 2.25. The average Bonchev–Trinajstić information content (AvgIpc) is 2.14. The maximum absolute atomic E-state index is 12.1. The number of hydrogen-bond donors (Lipinski definition) is 1. The third kappa shape index (κ3) is 3.93. The Hall–Kier alpha value is -0.660. The molecule has 0 unspecified atom stereocenters. The van der Waals surface area contributed by atoms with E-state index in [2.05, 4.69) is 25.6 Å². The Morgan fingerprint density at radius 1 is 1.35 bits per heavy atom. The van der Waals surface area contributed by atoms with E-state index in [0.717, 1.165) is 0 Å². The molecule has 96 valence electrons. The standard InChI is InChI=1S/C10H15BrN2O3S/c1-10(2,3)13-17(14,15)9-7(11)5-6-8(12-9)16-4/h5-6,13H,1-4H3. The molecule has 1 aromatic rings. The highest BCUT2D eigenvalue weighted by molar-refractivity contribution is 9.10. The number of nitrogens with zero attached hydrogens (tertiary/aromatic N) is 1. The van der Waals surface area contributed by atoms with Gasteiger partial charge in [-0.2, -0.15) is 4.98 Å². The molecule has 0 aromatic carbocycles. The van der Waals surface area contributed by atoms with Gasteiger partial charge in [0.1, 0.15) is 0 Å². The van der Waals surface area contributed by atoms with Crippen molar-refractivity contribution < 1.29 is 13.2 Å². The summed E-state index contributed by atoms with van der Waals surface area (Å²) in [6, 6.07) is 3.17. The highest BCUT2D eigenvalue weighted by atomic mass is 79.9. The first-order chi connectivity index (χ1) is 7.65.